The molecule has 1 fully saturated rings. The Morgan fingerprint density at radius 3 is 2.85 bits per heavy atom. The van der Waals surface area contributed by atoms with Gasteiger partial charge >= 0.3 is 0 Å². The maximum atomic E-state index is 12.2. The summed E-state index contributed by atoms with van der Waals surface area (Å²) >= 11 is 1.58. The number of hydrogen-bond donors (Lipinski definition) is 2. The highest BCUT2D eigenvalue weighted by molar-refractivity contribution is 8.01. The Bertz CT molecular complexity index is 555. The smallest absolute Gasteiger partial charge is 0.246 e. The summed E-state index contributed by atoms with van der Waals surface area (Å²) in [6.45, 7) is 0. The molecule has 1 unspecified atom stereocenters. The minimum absolute atomic E-state index is 0.0103. The number of aryl methyl sites for hydroxylation is 1. The van der Waals surface area contributed by atoms with Gasteiger partial charge in [-0.3, -0.25) is 9.59 Å². The van der Waals surface area contributed by atoms with Crippen LogP contribution in [0.2, 0.25) is 0 Å². The van der Waals surface area contributed by atoms with Crippen molar-refractivity contribution in [1.29, 1.82) is 0 Å². The van der Waals surface area contributed by atoms with Crippen molar-refractivity contribution in [2.45, 2.75) is 36.5 Å². The first-order chi connectivity index (χ1) is 9.64. The lowest BCUT2D eigenvalue weighted by molar-refractivity contribution is -0.126. The number of hydrogen-bond acceptors (Lipinski definition) is 3. The first-order valence-electron chi connectivity index (χ1n) is 6.89. The van der Waals surface area contributed by atoms with Gasteiger partial charge in [0.15, 0.2) is 0 Å². The summed E-state index contributed by atoms with van der Waals surface area (Å²) in [5.41, 5.74) is 1.99. The maximum absolute atomic E-state index is 12.2. The molecule has 20 heavy (non-hydrogen) atoms. The van der Waals surface area contributed by atoms with E-state index in [9.17, 15) is 9.59 Å². The van der Waals surface area contributed by atoms with E-state index in [4.69, 9.17) is 0 Å². The number of rotatable bonds is 3. The Kier molecular flexibility index (Phi) is 3.46. The molecule has 0 spiro atoms. The predicted molar refractivity (Wildman–Crippen MR) is 80.8 cm³/mol. The minimum Gasteiger partial charge on any atom is -0.343 e. The van der Waals surface area contributed by atoms with Gasteiger partial charge in [0.1, 0.15) is 6.04 Å². The van der Waals surface area contributed by atoms with Crippen molar-refractivity contribution in [3.8, 4) is 0 Å². The second kappa shape index (κ2) is 5.13. The van der Waals surface area contributed by atoms with Crippen molar-refractivity contribution in [2.75, 3.05) is 11.6 Å². The van der Waals surface area contributed by atoms with E-state index in [2.05, 4.69) is 10.6 Å². The molecule has 5 heteroatoms. The number of benzene rings is 1. The lowest BCUT2D eigenvalue weighted by atomic mass is 10.1. The number of carbonyl (C=O) groups is 2. The minimum atomic E-state index is -0.431. The zero-order valence-corrected chi connectivity index (χ0v) is 12.3. The molecule has 4 nitrogen and oxygen atoms in total. The Labute approximate surface area is 122 Å². The summed E-state index contributed by atoms with van der Waals surface area (Å²) in [7, 11) is 0. The van der Waals surface area contributed by atoms with Crippen molar-refractivity contribution in [2.24, 2.45) is 0 Å². The predicted octanol–water partition coefficient (Wildman–Crippen LogP) is 1.95. The number of anilines is 1. The fourth-order valence-electron chi connectivity index (χ4n) is 2.58. The molecule has 1 aromatic rings. The summed E-state index contributed by atoms with van der Waals surface area (Å²) in [4.78, 5) is 24.5. The molecular formula is C15H18N2O2S. The molecule has 1 atom stereocenters. The zero-order valence-electron chi connectivity index (χ0n) is 11.4. The lowest BCUT2D eigenvalue weighted by Gasteiger charge is -2.19. The monoisotopic (exact) mass is 290 g/mol. The first kappa shape index (κ1) is 13.5. The number of carbonyl (C=O) groups excluding carboxylic acids is 2. The summed E-state index contributed by atoms with van der Waals surface area (Å²) in [5.74, 6) is -0.101. The molecule has 0 saturated heterocycles. The van der Waals surface area contributed by atoms with Crippen molar-refractivity contribution >= 4 is 29.3 Å². The van der Waals surface area contributed by atoms with Gasteiger partial charge in [-0.1, -0.05) is 18.2 Å². The van der Waals surface area contributed by atoms with E-state index in [-0.39, 0.29) is 16.6 Å². The number of thioether (sulfide) groups is 1. The van der Waals surface area contributed by atoms with E-state index in [0.29, 0.717) is 6.42 Å². The molecule has 106 valence electrons. The van der Waals surface area contributed by atoms with Gasteiger partial charge in [0.2, 0.25) is 11.8 Å². The van der Waals surface area contributed by atoms with E-state index < -0.39 is 6.04 Å². The zero-order chi connectivity index (χ0) is 14.2. The number of fused-ring (bicyclic) bond motifs is 1. The second-order valence-corrected chi connectivity index (χ2v) is 6.60. The summed E-state index contributed by atoms with van der Waals surface area (Å²) in [5, 5.41) is 5.83. The maximum Gasteiger partial charge on any atom is 0.246 e. The molecule has 1 aliphatic carbocycles. The highest BCUT2D eigenvalue weighted by atomic mass is 32.2. The van der Waals surface area contributed by atoms with Crippen LogP contribution in [0.25, 0.3) is 0 Å². The quantitative estimate of drug-likeness (QED) is 0.894. The average molecular weight is 290 g/mol. The largest absolute Gasteiger partial charge is 0.343 e. The molecule has 2 amide bonds. The van der Waals surface area contributed by atoms with E-state index in [1.165, 1.54) is 0 Å². The van der Waals surface area contributed by atoms with Gasteiger partial charge in [0, 0.05) is 5.69 Å². The van der Waals surface area contributed by atoms with Gasteiger partial charge in [-0.25, -0.2) is 0 Å². The summed E-state index contributed by atoms with van der Waals surface area (Å²) in [6, 6.07) is 7.37. The SMILES string of the molecule is CSC1(C(=O)NC2CCc3ccccc3NC2=O)CC1. The van der Waals surface area contributed by atoms with Crippen LogP contribution in [0, 0.1) is 0 Å². The lowest BCUT2D eigenvalue weighted by Crippen LogP contribution is -2.47. The van der Waals surface area contributed by atoms with E-state index in [0.717, 1.165) is 30.5 Å². The highest BCUT2D eigenvalue weighted by Crippen LogP contribution is 2.47. The molecule has 0 aromatic heterocycles. The van der Waals surface area contributed by atoms with Crippen molar-refractivity contribution in [3.63, 3.8) is 0 Å². The first-order valence-corrected chi connectivity index (χ1v) is 8.12. The molecule has 1 aromatic carbocycles. The van der Waals surface area contributed by atoms with Crippen LogP contribution in [0.4, 0.5) is 5.69 Å². The number of nitrogens with one attached hydrogen (secondary N) is 2. The normalized spacial score (nSPS) is 23.2. The molecule has 0 radical (unpaired) electrons. The van der Waals surface area contributed by atoms with Crippen LogP contribution in [0.5, 0.6) is 0 Å². The van der Waals surface area contributed by atoms with Crippen LogP contribution >= 0.6 is 11.8 Å². The van der Waals surface area contributed by atoms with Crippen LogP contribution in [0.15, 0.2) is 24.3 Å². The van der Waals surface area contributed by atoms with Gasteiger partial charge in [-0.2, -0.15) is 0 Å². The fraction of sp³-hybridized carbons (Fsp3) is 0.467. The Hall–Kier alpha value is -1.49. The molecule has 0 bridgehead atoms. The van der Waals surface area contributed by atoms with E-state index in [1.807, 2.05) is 30.5 Å². The summed E-state index contributed by atoms with van der Waals surface area (Å²) in [6.07, 6.45) is 5.23. The van der Waals surface area contributed by atoms with E-state index in [1.54, 1.807) is 11.8 Å². The van der Waals surface area contributed by atoms with Gasteiger partial charge in [0.05, 0.1) is 4.75 Å². The van der Waals surface area contributed by atoms with Gasteiger partial charge in [0.25, 0.3) is 0 Å². The Morgan fingerprint density at radius 1 is 1.40 bits per heavy atom. The standard InChI is InChI=1S/C15H18N2O2S/c1-20-15(8-9-15)14(19)17-12-7-6-10-4-2-3-5-11(10)16-13(12)18/h2-5,12H,6-9H2,1H3,(H,16,18)(H,17,19). The molecule has 2 aliphatic rings. The highest BCUT2D eigenvalue weighted by Gasteiger charge is 2.50. The number of para-hydroxylation sites is 1. The van der Waals surface area contributed by atoms with Crippen LogP contribution in [-0.4, -0.2) is 28.9 Å². The van der Waals surface area contributed by atoms with Crippen molar-refractivity contribution in [1.82, 2.24) is 5.32 Å². The van der Waals surface area contributed by atoms with Gasteiger partial charge in [-0.05, 0) is 43.6 Å². The molecule has 1 heterocycles. The fourth-order valence-corrected chi connectivity index (χ4v) is 3.33. The third-order valence-corrected chi connectivity index (χ3v) is 5.48. The number of amides is 2. The topological polar surface area (TPSA) is 58.2 Å². The van der Waals surface area contributed by atoms with Crippen LogP contribution in [-0.2, 0) is 16.0 Å². The summed E-state index contributed by atoms with van der Waals surface area (Å²) < 4.78 is -0.278. The van der Waals surface area contributed by atoms with Crippen LogP contribution in [0.3, 0.4) is 0 Å². The third kappa shape index (κ3) is 2.42. The Balaban J connectivity index is 1.70. The molecule has 1 aliphatic heterocycles. The average Bonchev–Trinajstić information content (AvgIpc) is 3.25. The molecule has 1 saturated carbocycles. The molecular weight excluding hydrogens is 272 g/mol. The molecule has 3 rings (SSSR count). The van der Waals surface area contributed by atoms with Gasteiger partial charge < -0.3 is 10.6 Å². The van der Waals surface area contributed by atoms with Crippen LogP contribution < -0.4 is 10.6 Å². The van der Waals surface area contributed by atoms with Gasteiger partial charge in [-0.15, -0.1) is 11.8 Å². The van der Waals surface area contributed by atoms with E-state index >= 15 is 0 Å². The second-order valence-electron chi connectivity index (χ2n) is 5.41. The van der Waals surface area contributed by atoms with Crippen LogP contribution in [0.1, 0.15) is 24.8 Å². The third-order valence-electron chi connectivity index (χ3n) is 4.11. The van der Waals surface area contributed by atoms with Crippen molar-refractivity contribution < 1.29 is 9.59 Å². The van der Waals surface area contributed by atoms with Crippen molar-refractivity contribution in [3.05, 3.63) is 29.8 Å². The Morgan fingerprint density at radius 2 is 2.15 bits per heavy atom. The molecule has 2 N–H and O–H groups in total.